The smallest absolute Gasteiger partial charge is 0.420 e. The molecule has 0 bridgehead atoms. The highest BCUT2D eigenvalue weighted by molar-refractivity contribution is 6.31. The number of amides is 1. The Kier molecular flexibility index (Phi) is 5.34. The Labute approximate surface area is 170 Å². The lowest BCUT2D eigenvalue weighted by molar-refractivity contribution is -0.384. The predicted molar refractivity (Wildman–Crippen MR) is 106 cm³/mol. The van der Waals surface area contributed by atoms with Crippen LogP contribution in [-0.4, -0.2) is 26.6 Å². The van der Waals surface area contributed by atoms with E-state index in [-0.39, 0.29) is 27.6 Å². The van der Waals surface area contributed by atoms with Gasteiger partial charge in [0.25, 0.3) is 5.69 Å². The van der Waals surface area contributed by atoms with E-state index < -0.39 is 22.4 Å². The molecule has 3 aromatic rings. The van der Waals surface area contributed by atoms with E-state index in [1.165, 1.54) is 36.7 Å². The van der Waals surface area contributed by atoms with E-state index in [9.17, 15) is 19.3 Å². The molecule has 1 aromatic heterocycles. The number of fused-ring (bicyclic) bond motifs is 1. The third-order valence-electron chi connectivity index (χ3n) is 3.76. The maximum atomic E-state index is 13.7. The summed E-state index contributed by atoms with van der Waals surface area (Å²) >= 11 is 5.89. The van der Waals surface area contributed by atoms with Gasteiger partial charge < -0.3 is 4.74 Å². The van der Waals surface area contributed by atoms with Crippen molar-refractivity contribution in [1.82, 2.24) is 9.97 Å². The quantitative estimate of drug-likeness (QED) is 0.417. The van der Waals surface area contributed by atoms with Crippen LogP contribution in [0, 0.1) is 15.9 Å². The molecule has 2 aromatic carbocycles. The lowest BCUT2D eigenvalue weighted by Crippen LogP contribution is -2.34. The summed E-state index contributed by atoms with van der Waals surface area (Å²) in [5.41, 5.74) is -0.483. The summed E-state index contributed by atoms with van der Waals surface area (Å²) < 4.78 is 19.1. The molecule has 1 heterocycles. The molecule has 1 amide bonds. The highest BCUT2D eigenvalue weighted by atomic mass is 35.5. The zero-order valence-corrected chi connectivity index (χ0v) is 16.5. The second-order valence-electron chi connectivity index (χ2n) is 7.07. The second kappa shape index (κ2) is 7.59. The maximum absolute atomic E-state index is 13.7. The molecule has 0 fully saturated rings. The molecule has 150 valence electrons. The average Bonchev–Trinajstić information content (AvgIpc) is 2.63. The van der Waals surface area contributed by atoms with Crippen molar-refractivity contribution in [3.8, 4) is 0 Å². The van der Waals surface area contributed by atoms with E-state index in [0.717, 1.165) is 11.0 Å². The van der Waals surface area contributed by atoms with Gasteiger partial charge in [0.15, 0.2) is 5.82 Å². The van der Waals surface area contributed by atoms with Gasteiger partial charge in [0.2, 0.25) is 0 Å². The molecule has 10 heteroatoms. The van der Waals surface area contributed by atoms with E-state index in [4.69, 9.17) is 16.3 Å². The topological polar surface area (TPSA) is 98.5 Å². The molecular weight excluding hydrogens is 403 g/mol. The zero-order chi connectivity index (χ0) is 21.3. The van der Waals surface area contributed by atoms with Crippen molar-refractivity contribution in [1.29, 1.82) is 0 Å². The van der Waals surface area contributed by atoms with Crippen LogP contribution in [0.3, 0.4) is 0 Å². The second-order valence-corrected chi connectivity index (χ2v) is 7.48. The number of rotatable bonds is 3. The molecule has 0 spiro atoms. The lowest BCUT2D eigenvalue weighted by atomic mass is 10.2. The van der Waals surface area contributed by atoms with Gasteiger partial charge in [-0.25, -0.2) is 24.1 Å². The summed E-state index contributed by atoms with van der Waals surface area (Å²) in [6.45, 7) is 5.05. The van der Waals surface area contributed by atoms with Gasteiger partial charge in [-0.3, -0.25) is 10.1 Å². The maximum Gasteiger partial charge on any atom is 0.420 e. The molecule has 0 aliphatic rings. The molecule has 8 nitrogen and oxygen atoms in total. The zero-order valence-electron chi connectivity index (χ0n) is 15.7. The van der Waals surface area contributed by atoms with Crippen molar-refractivity contribution in [3.63, 3.8) is 0 Å². The third kappa shape index (κ3) is 4.40. The van der Waals surface area contributed by atoms with Gasteiger partial charge in [-0.2, -0.15) is 0 Å². The van der Waals surface area contributed by atoms with Gasteiger partial charge in [0, 0.05) is 12.1 Å². The number of hydrogen-bond donors (Lipinski definition) is 0. The Hall–Kier alpha value is -3.33. The standard InChI is InChI=1S/C19H16ClFN4O4/c1-19(2,3)29-18(26)24(11-4-6-15(21)14(20)9-11)17-13-8-12(25(27)28)5-7-16(13)22-10-23-17/h4-10H,1-3H3. The number of nitrogens with zero attached hydrogens (tertiary/aromatic N) is 4. The molecule has 0 unspecified atom stereocenters. The summed E-state index contributed by atoms with van der Waals surface area (Å²) in [5.74, 6) is -0.627. The van der Waals surface area contributed by atoms with Crippen LogP contribution in [0.5, 0.6) is 0 Å². The highest BCUT2D eigenvalue weighted by Gasteiger charge is 2.28. The van der Waals surface area contributed by atoms with E-state index >= 15 is 0 Å². The van der Waals surface area contributed by atoms with Crippen LogP contribution in [0.15, 0.2) is 42.7 Å². The first-order chi connectivity index (χ1) is 13.6. The summed E-state index contributed by atoms with van der Waals surface area (Å²) in [7, 11) is 0. The Morgan fingerprint density at radius 1 is 1.21 bits per heavy atom. The van der Waals surface area contributed by atoms with Gasteiger partial charge in [-0.05, 0) is 45.0 Å². The number of hydrogen-bond acceptors (Lipinski definition) is 6. The Morgan fingerprint density at radius 3 is 2.55 bits per heavy atom. The molecule has 0 aliphatic heterocycles. The van der Waals surface area contributed by atoms with Crippen LogP contribution in [-0.2, 0) is 4.74 Å². The molecule has 0 N–H and O–H groups in total. The fourth-order valence-electron chi connectivity index (χ4n) is 2.57. The number of nitro groups is 1. The Balaban J connectivity index is 2.25. The Morgan fingerprint density at radius 2 is 1.93 bits per heavy atom. The first-order valence-electron chi connectivity index (χ1n) is 8.44. The number of benzene rings is 2. The molecule has 3 rings (SSSR count). The van der Waals surface area contributed by atoms with Gasteiger partial charge in [0.05, 0.1) is 26.5 Å². The summed E-state index contributed by atoms with van der Waals surface area (Å²) in [6.07, 6.45) is 0.401. The first-order valence-corrected chi connectivity index (χ1v) is 8.82. The van der Waals surface area contributed by atoms with Crippen LogP contribution in [0.25, 0.3) is 10.9 Å². The number of anilines is 2. The number of carbonyl (C=O) groups excluding carboxylic acids is 1. The number of non-ortho nitro benzene ring substituents is 1. The van der Waals surface area contributed by atoms with Crippen LogP contribution >= 0.6 is 11.6 Å². The fraction of sp³-hybridized carbons (Fsp3) is 0.211. The summed E-state index contributed by atoms with van der Waals surface area (Å²) in [6, 6.07) is 7.67. The van der Waals surface area contributed by atoms with Gasteiger partial charge >= 0.3 is 6.09 Å². The normalized spacial score (nSPS) is 11.3. The van der Waals surface area contributed by atoms with Crippen molar-refractivity contribution in [2.24, 2.45) is 0 Å². The highest BCUT2D eigenvalue weighted by Crippen LogP contribution is 2.34. The van der Waals surface area contributed by atoms with Gasteiger partial charge in [-0.15, -0.1) is 0 Å². The Bertz CT molecular complexity index is 1120. The molecule has 0 aliphatic carbocycles. The molecule has 0 saturated carbocycles. The largest absolute Gasteiger partial charge is 0.443 e. The summed E-state index contributed by atoms with van der Waals surface area (Å²) in [4.78, 5) is 32.9. The van der Waals surface area contributed by atoms with E-state index in [1.807, 2.05) is 0 Å². The van der Waals surface area contributed by atoms with Crippen LogP contribution in [0.4, 0.5) is 26.4 Å². The van der Waals surface area contributed by atoms with Crippen molar-refractivity contribution in [3.05, 3.63) is 63.7 Å². The molecule has 29 heavy (non-hydrogen) atoms. The van der Waals surface area contributed by atoms with Crippen molar-refractivity contribution in [2.75, 3.05) is 4.90 Å². The number of ether oxygens (including phenoxy) is 1. The lowest BCUT2D eigenvalue weighted by Gasteiger charge is -2.27. The van der Waals surface area contributed by atoms with Crippen molar-refractivity contribution in [2.45, 2.75) is 26.4 Å². The number of aromatic nitrogens is 2. The van der Waals surface area contributed by atoms with Gasteiger partial charge in [0.1, 0.15) is 17.7 Å². The molecule has 0 saturated heterocycles. The monoisotopic (exact) mass is 418 g/mol. The fourth-order valence-corrected chi connectivity index (χ4v) is 2.74. The number of carbonyl (C=O) groups is 1. The van der Waals surface area contributed by atoms with E-state index in [2.05, 4.69) is 9.97 Å². The van der Waals surface area contributed by atoms with E-state index in [1.54, 1.807) is 20.8 Å². The molecular formula is C19H16ClFN4O4. The van der Waals surface area contributed by atoms with Gasteiger partial charge in [-0.1, -0.05) is 11.6 Å². The van der Waals surface area contributed by atoms with Crippen LogP contribution < -0.4 is 4.90 Å². The first kappa shape index (κ1) is 20.4. The minimum Gasteiger partial charge on any atom is -0.443 e. The molecule has 0 radical (unpaired) electrons. The SMILES string of the molecule is CC(C)(C)OC(=O)N(c1ccc(F)c(Cl)c1)c1ncnc2ccc([N+](=O)[O-])cc12. The van der Waals surface area contributed by atoms with Crippen LogP contribution in [0.1, 0.15) is 20.8 Å². The average molecular weight is 419 g/mol. The third-order valence-corrected chi connectivity index (χ3v) is 4.05. The van der Waals surface area contributed by atoms with E-state index in [0.29, 0.717) is 5.52 Å². The minimum absolute atomic E-state index is 0.0376. The van der Waals surface area contributed by atoms with Crippen molar-refractivity contribution < 1.29 is 18.8 Å². The number of nitro benzene ring substituents is 1. The predicted octanol–water partition coefficient (Wildman–Crippen LogP) is 5.40. The molecule has 0 atom stereocenters. The minimum atomic E-state index is -0.839. The number of halogens is 2. The van der Waals surface area contributed by atoms with Crippen LogP contribution in [0.2, 0.25) is 5.02 Å². The summed E-state index contributed by atoms with van der Waals surface area (Å²) in [5, 5.41) is 11.2. The van der Waals surface area contributed by atoms with Crippen molar-refractivity contribution >= 4 is 45.8 Å².